The average molecular weight is 428 g/mol. The minimum absolute atomic E-state index is 0.0201. The monoisotopic (exact) mass is 427 g/mol. The number of carbonyl (C=O) groups is 2. The first kappa shape index (κ1) is 22.5. The van der Waals surface area contributed by atoms with Crippen LogP contribution in [0.2, 0.25) is 0 Å². The molecule has 0 aromatic rings. The Morgan fingerprint density at radius 1 is 0.897 bits per heavy atom. The summed E-state index contributed by atoms with van der Waals surface area (Å²) < 4.78 is 27.7. The average Bonchev–Trinajstić information content (AvgIpc) is 2.70. The van der Waals surface area contributed by atoms with Gasteiger partial charge < -0.3 is 10.2 Å². The lowest BCUT2D eigenvalue weighted by Crippen LogP contribution is -2.50. The summed E-state index contributed by atoms with van der Waals surface area (Å²) in [7, 11) is -3.65. The third-order valence-electron chi connectivity index (χ3n) is 6.77. The molecule has 166 valence electrons. The second kappa shape index (κ2) is 10.2. The summed E-state index contributed by atoms with van der Waals surface area (Å²) >= 11 is 0. The molecule has 3 fully saturated rings. The van der Waals surface area contributed by atoms with Crippen LogP contribution in [-0.4, -0.2) is 56.1 Å². The molecule has 2 amide bonds. The first-order valence-corrected chi connectivity index (χ1v) is 13.1. The first-order valence-electron chi connectivity index (χ1n) is 11.4. The number of hydrogen-bond donors (Lipinski definition) is 2. The van der Waals surface area contributed by atoms with Gasteiger partial charge in [0.15, 0.2) is 0 Å². The van der Waals surface area contributed by atoms with Gasteiger partial charge in [-0.2, -0.15) is 0 Å². The topological polar surface area (TPSA) is 95.6 Å². The molecule has 0 bridgehead atoms. The van der Waals surface area contributed by atoms with Gasteiger partial charge in [0, 0.05) is 25.2 Å². The standard InChI is InChI=1S/C21H37N3O4S/c1-16-9-11-19(12-10-16)23-29(27,28)15-20(25)24-13-5-6-17(14-24)21(26)22-18-7-3-2-4-8-18/h16-19,23H,2-15H2,1H3,(H,22,26). The molecule has 3 aliphatic rings. The van der Waals surface area contributed by atoms with E-state index in [1.807, 2.05) is 0 Å². The van der Waals surface area contributed by atoms with Crippen LogP contribution in [0.15, 0.2) is 0 Å². The van der Waals surface area contributed by atoms with Crippen molar-refractivity contribution in [3.05, 3.63) is 0 Å². The van der Waals surface area contributed by atoms with E-state index < -0.39 is 21.7 Å². The molecule has 1 heterocycles. The number of carbonyl (C=O) groups excluding carboxylic acids is 2. The summed E-state index contributed by atoms with van der Waals surface area (Å²) in [6, 6.07) is 0.199. The number of nitrogens with zero attached hydrogens (tertiary/aromatic N) is 1. The molecule has 2 N–H and O–H groups in total. The second-order valence-corrected chi connectivity index (χ2v) is 11.1. The molecule has 8 heteroatoms. The zero-order valence-electron chi connectivity index (χ0n) is 17.7. The maximum atomic E-state index is 12.6. The highest BCUT2D eigenvalue weighted by Gasteiger charge is 2.32. The van der Waals surface area contributed by atoms with Crippen LogP contribution in [0.1, 0.15) is 77.6 Å². The number of rotatable bonds is 6. The summed E-state index contributed by atoms with van der Waals surface area (Å²) in [6.45, 7) is 3.04. The molecule has 1 aliphatic heterocycles. The molecule has 0 radical (unpaired) electrons. The van der Waals surface area contributed by atoms with Gasteiger partial charge in [-0.15, -0.1) is 0 Å². The van der Waals surface area contributed by atoms with Crippen LogP contribution in [0.3, 0.4) is 0 Å². The Morgan fingerprint density at radius 2 is 1.59 bits per heavy atom. The van der Waals surface area contributed by atoms with E-state index in [9.17, 15) is 18.0 Å². The predicted octanol–water partition coefficient (Wildman–Crippen LogP) is 2.17. The van der Waals surface area contributed by atoms with Crippen molar-refractivity contribution in [1.82, 2.24) is 14.9 Å². The zero-order chi connectivity index (χ0) is 20.9. The molecule has 1 unspecified atom stereocenters. The van der Waals surface area contributed by atoms with Crippen LogP contribution in [0.25, 0.3) is 0 Å². The maximum Gasteiger partial charge on any atom is 0.239 e. The number of sulfonamides is 1. The Bertz CT molecular complexity index is 667. The van der Waals surface area contributed by atoms with Gasteiger partial charge in [-0.25, -0.2) is 13.1 Å². The molecule has 1 saturated heterocycles. The lowest BCUT2D eigenvalue weighted by molar-refractivity contribution is -0.134. The Labute approximate surface area is 175 Å². The van der Waals surface area contributed by atoms with E-state index in [2.05, 4.69) is 17.0 Å². The Morgan fingerprint density at radius 3 is 2.28 bits per heavy atom. The molecule has 0 aromatic heterocycles. The normalized spacial score (nSPS) is 29.4. The van der Waals surface area contributed by atoms with E-state index in [-0.39, 0.29) is 23.9 Å². The molecule has 3 rings (SSSR count). The highest BCUT2D eigenvalue weighted by atomic mass is 32.2. The second-order valence-electron chi connectivity index (χ2n) is 9.36. The van der Waals surface area contributed by atoms with Crippen molar-refractivity contribution >= 4 is 21.8 Å². The van der Waals surface area contributed by atoms with E-state index in [4.69, 9.17) is 0 Å². The molecule has 2 aliphatic carbocycles. The van der Waals surface area contributed by atoms with Crippen LogP contribution in [0.5, 0.6) is 0 Å². The van der Waals surface area contributed by atoms with Crippen LogP contribution in [-0.2, 0) is 19.6 Å². The van der Waals surface area contributed by atoms with Gasteiger partial charge in [-0.05, 0) is 57.3 Å². The number of nitrogens with one attached hydrogen (secondary N) is 2. The third-order valence-corrected chi connectivity index (χ3v) is 8.09. The number of likely N-dealkylation sites (tertiary alicyclic amines) is 1. The van der Waals surface area contributed by atoms with Gasteiger partial charge in [0.25, 0.3) is 0 Å². The fraction of sp³-hybridized carbons (Fsp3) is 0.905. The van der Waals surface area contributed by atoms with Crippen molar-refractivity contribution in [2.75, 3.05) is 18.8 Å². The summed E-state index contributed by atoms with van der Waals surface area (Å²) in [6.07, 6.45) is 10.8. The molecule has 29 heavy (non-hydrogen) atoms. The van der Waals surface area contributed by atoms with Gasteiger partial charge in [-0.3, -0.25) is 9.59 Å². The number of hydrogen-bond acceptors (Lipinski definition) is 4. The Hall–Kier alpha value is -1.15. The fourth-order valence-electron chi connectivity index (χ4n) is 4.91. The highest BCUT2D eigenvalue weighted by Crippen LogP contribution is 2.24. The van der Waals surface area contributed by atoms with E-state index in [0.717, 1.165) is 64.2 Å². The molecule has 0 aromatic carbocycles. The van der Waals surface area contributed by atoms with E-state index >= 15 is 0 Å². The van der Waals surface area contributed by atoms with Crippen molar-refractivity contribution in [3.63, 3.8) is 0 Å². The van der Waals surface area contributed by atoms with Crippen LogP contribution >= 0.6 is 0 Å². The lowest BCUT2D eigenvalue weighted by Gasteiger charge is -2.33. The van der Waals surface area contributed by atoms with Gasteiger partial charge in [0.05, 0.1) is 5.92 Å². The van der Waals surface area contributed by atoms with Crippen LogP contribution in [0.4, 0.5) is 0 Å². The summed E-state index contributed by atoms with van der Waals surface area (Å²) in [4.78, 5) is 26.8. The Kier molecular flexibility index (Phi) is 7.96. The van der Waals surface area contributed by atoms with Crippen molar-refractivity contribution in [2.24, 2.45) is 11.8 Å². The van der Waals surface area contributed by atoms with Crippen LogP contribution < -0.4 is 10.0 Å². The highest BCUT2D eigenvalue weighted by molar-refractivity contribution is 7.90. The lowest BCUT2D eigenvalue weighted by atomic mass is 9.88. The first-order chi connectivity index (χ1) is 13.8. The van der Waals surface area contributed by atoms with Gasteiger partial charge >= 0.3 is 0 Å². The SMILES string of the molecule is CC1CCC(NS(=O)(=O)CC(=O)N2CCCC(C(=O)NC3CCCCC3)C2)CC1. The van der Waals surface area contributed by atoms with Crippen LogP contribution in [0, 0.1) is 11.8 Å². The summed E-state index contributed by atoms with van der Waals surface area (Å²) in [5.41, 5.74) is 0. The minimum Gasteiger partial charge on any atom is -0.353 e. The molecule has 0 spiro atoms. The number of piperidine rings is 1. The van der Waals surface area contributed by atoms with Gasteiger partial charge in [0.1, 0.15) is 5.75 Å². The number of amides is 2. The summed E-state index contributed by atoms with van der Waals surface area (Å²) in [5.74, 6) is -0.480. The van der Waals surface area contributed by atoms with Crippen molar-refractivity contribution in [2.45, 2.75) is 89.6 Å². The third kappa shape index (κ3) is 6.95. The molecular formula is C21H37N3O4S. The zero-order valence-corrected chi connectivity index (χ0v) is 18.5. The molecular weight excluding hydrogens is 390 g/mol. The Balaban J connectivity index is 1.47. The smallest absolute Gasteiger partial charge is 0.239 e. The van der Waals surface area contributed by atoms with Gasteiger partial charge in [-0.1, -0.05) is 26.2 Å². The van der Waals surface area contributed by atoms with Gasteiger partial charge in [0.2, 0.25) is 21.8 Å². The van der Waals surface area contributed by atoms with Crippen molar-refractivity contribution < 1.29 is 18.0 Å². The molecule has 7 nitrogen and oxygen atoms in total. The van der Waals surface area contributed by atoms with E-state index in [1.165, 1.54) is 6.42 Å². The maximum absolute atomic E-state index is 12.6. The predicted molar refractivity (Wildman–Crippen MR) is 113 cm³/mol. The fourth-order valence-corrected chi connectivity index (χ4v) is 6.25. The van der Waals surface area contributed by atoms with E-state index in [1.54, 1.807) is 4.90 Å². The van der Waals surface area contributed by atoms with E-state index in [0.29, 0.717) is 19.0 Å². The largest absolute Gasteiger partial charge is 0.353 e. The molecule has 1 atom stereocenters. The quantitative estimate of drug-likeness (QED) is 0.679. The molecule has 2 saturated carbocycles. The van der Waals surface area contributed by atoms with Crippen molar-refractivity contribution in [3.8, 4) is 0 Å². The van der Waals surface area contributed by atoms with Crippen molar-refractivity contribution in [1.29, 1.82) is 0 Å². The summed E-state index contributed by atoms with van der Waals surface area (Å²) in [5, 5.41) is 3.15. The minimum atomic E-state index is -3.65.